The quantitative estimate of drug-likeness (QED) is 0.905. The molecule has 0 aliphatic carbocycles. The fourth-order valence-electron chi connectivity index (χ4n) is 4.76. The summed E-state index contributed by atoms with van der Waals surface area (Å²) < 4.78 is 0. The van der Waals surface area contributed by atoms with E-state index in [1.54, 1.807) is 0 Å². The molecule has 0 aromatic heterocycles. The van der Waals surface area contributed by atoms with Crippen molar-refractivity contribution < 1.29 is 4.79 Å². The van der Waals surface area contributed by atoms with Crippen molar-refractivity contribution in [2.75, 3.05) is 6.54 Å². The van der Waals surface area contributed by atoms with Crippen molar-refractivity contribution in [2.24, 2.45) is 5.41 Å². The molecule has 0 unspecified atom stereocenters. The van der Waals surface area contributed by atoms with Crippen molar-refractivity contribution in [3.8, 4) is 0 Å². The van der Waals surface area contributed by atoms with Gasteiger partial charge >= 0.3 is 0 Å². The molecule has 3 aliphatic rings. The molecule has 2 saturated heterocycles. The van der Waals surface area contributed by atoms with E-state index in [1.165, 1.54) is 24.0 Å². The lowest BCUT2D eigenvalue weighted by molar-refractivity contribution is -0.144. The molecule has 2 fully saturated rings. The van der Waals surface area contributed by atoms with Gasteiger partial charge in [-0.15, -0.1) is 0 Å². The molecule has 3 aliphatic heterocycles. The molecule has 3 nitrogen and oxygen atoms in total. The first-order valence-electron chi connectivity index (χ1n) is 8.35. The van der Waals surface area contributed by atoms with Gasteiger partial charge in [-0.3, -0.25) is 4.79 Å². The monoisotopic (exact) mass is 284 g/mol. The molecule has 1 aromatic carbocycles. The number of amides is 1. The molecular weight excluding hydrogens is 260 g/mol. The lowest BCUT2D eigenvalue weighted by atomic mass is 9.70. The van der Waals surface area contributed by atoms with Gasteiger partial charge in [-0.1, -0.05) is 31.2 Å². The van der Waals surface area contributed by atoms with Gasteiger partial charge in [0, 0.05) is 25.2 Å². The summed E-state index contributed by atoms with van der Waals surface area (Å²) in [4.78, 5) is 15.4. The van der Waals surface area contributed by atoms with Crippen LogP contribution in [0, 0.1) is 5.41 Å². The minimum absolute atomic E-state index is 0.130. The first-order chi connectivity index (χ1) is 10.2. The number of hydrogen-bond acceptors (Lipinski definition) is 2. The molecule has 3 atom stereocenters. The zero-order valence-electron chi connectivity index (χ0n) is 12.8. The van der Waals surface area contributed by atoms with Crippen LogP contribution in [0.25, 0.3) is 0 Å². The van der Waals surface area contributed by atoms with Crippen LogP contribution in [-0.4, -0.2) is 29.4 Å². The van der Waals surface area contributed by atoms with E-state index in [4.69, 9.17) is 0 Å². The van der Waals surface area contributed by atoms with E-state index < -0.39 is 0 Å². The number of rotatable bonds is 2. The van der Waals surface area contributed by atoms with E-state index in [2.05, 4.69) is 41.4 Å². The molecule has 3 heterocycles. The smallest absolute Gasteiger partial charge is 0.230 e. The lowest BCUT2D eigenvalue weighted by Crippen LogP contribution is -2.51. The molecule has 1 N–H and O–H groups in total. The van der Waals surface area contributed by atoms with Gasteiger partial charge < -0.3 is 10.2 Å². The highest BCUT2D eigenvalue weighted by Crippen LogP contribution is 2.47. The van der Waals surface area contributed by atoms with Gasteiger partial charge in [-0.2, -0.15) is 0 Å². The molecule has 112 valence electrons. The number of hydrogen-bond donors (Lipinski definition) is 1. The summed E-state index contributed by atoms with van der Waals surface area (Å²) in [6.45, 7) is 3.88. The standard InChI is InChI=1S/C18H24N2O/c1-2-18(11-15-7-8-16(18)19-15)17(21)20-10-9-13-5-3-4-6-14(13)12-20/h3-6,15-16,19H,2,7-12H2,1H3/t15-,16+,18+/m0/s1. The number of fused-ring (bicyclic) bond motifs is 3. The van der Waals surface area contributed by atoms with E-state index in [0.29, 0.717) is 18.0 Å². The van der Waals surface area contributed by atoms with E-state index in [0.717, 1.165) is 32.4 Å². The van der Waals surface area contributed by atoms with Crippen LogP contribution in [-0.2, 0) is 17.8 Å². The van der Waals surface area contributed by atoms with Crippen LogP contribution in [0.4, 0.5) is 0 Å². The minimum atomic E-state index is -0.130. The summed E-state index contributed by atoms with van der Waals surface area (Å²) in [5.74, 6) is 0.402. The summed E-state index contributed by atoms with van der Waals surface area (Å²) in [5.41, 5.74) is 2.62. The van der Waals surface area contributed by atoms with Gasteiger partial charge in [-0.05, 0) is 43.2 Å². The average Bonchev–Trinajstić information content (AvgIpc) is 3.15. The predicted molar refractivity (Wildman–Crippen MR) is 82.8 cm³/mol. The third-order valence-electron chi connectivity index (χ3n) is 5.99. The molecule has 0 radical (unpaired) electrons. The molecule has 3 heteroatoms. The number of carbonyl (C=O) groups excluding carboxylic acids is 1. The van der Waals surface area contributed by atoms with Crippen molar-refractivity contribution in [1.82, 2.24) is 10.2 Å². The zero-order valence-corrected chi connectivity index (χ0v) is 12.8. The number of carbonyl (C=O) groups is 1. The first kappa shape index (κ1) is 13.3. The Hall–Kier alpha value is -1.35. The van der Waals surface area contributed by atoms with Gasteiger partial charge in [0.05, 0.1) is 5.41 Å². The van der Waals surface area contributed by atoms with E-state index >= 15 is 0 Å². The van der Waals surface area contributed by atoms with Crippen molar-refractivity contribution in [2.45, 2.75) is 57.7 Å². The summed E-state index contributed by atoms with van der Waals surface area (Å²) in [6.07, 6.45) is 5.45. The van der Waals surface area contributed by atoms with Crippen molar-refractivity contribution in [3.05, 3.63) is 35.4 Å². The molecule has 2 bridgehead atoms. The van der Waals surface area contributed by atoms with Gasteiger partial charge in [0.25, 0.3) is 0 Å². The minimum Gasteiger partial charge on any atom is -0.337 e. The molecule has 1 amide bonds. The third-order valence-corrected chi connectivity index (χ3v) is 5.99. The Morgan fingerprint density at radius 3 is 2.81 bits per heavy atom. The Morgan fingerprint density at radius 1 is 1.33 bits per heavy atom. The van der Waals surface area contributed by atoms with E-state index in [1.807, 2.05) is 0 Å². The Kier molecular flexibility index (Phi) is 3.07. The Balaban J connectivity index is 1.58. The highest BCUT2D eigenvalue weighted by Gasteiger charge is 2.55. The highest BCUT2D eigenvalue weighted by molar-refractivity contribution is 5.84. The van der Waals surface area contributed by atoms with E-state index in [-0.39, 0.29) is 5.41 Å². The zero-order chi connectivity index (χ0) is 14.4. The van der Waals surface area contributed by atoms with Gasteiger partial charge in [-0.25, -0.2) is 0 Å². The summed E-state index contributed by atoms with van der Waals surface area (Å²) >= 11 is 0. The van der Waals surface area contributed by atoms with Gasteiger partial charge in [0.2, 0.25) is 5.91 Å². The van der Waals surface area contributed by atoms with Crippen LogP contribution >= 0.6 is 0 Å². The van der Waals surface area contributed by atoms with Crippen LogP contribution in [0.5, 0.6) is 0 Å². The fraction of sp³-hybridized carbons (Fsp3) is 0.611. The average molecular weight is 284 g/mol. The maximum absolute atomic E-state index is 13.2. The normalized spacial score (nSPS) is 34.0. The van der Waals surface area contributed by atoms with Crippen LogP contribution in [0.1, 0.15) is 43.7 Å². The number of benzene rings is 1. The van der Waals surface area contributed by atoms with Gasteiger partial charge in [0.1, 0.15) is 0 Å². The second kappa shape index (κ2) is 4.84. The lowest BCUT2D eigenvalue weighted by Gasteiger charge is -2.40. The second-order valence-corrected chi connectivity index (χ2v) is 6.95. The molecule has 1 aromatic rings. The van der Waals surface area contributed by atoms with Crippen molar-refractivity contribution >= 4 is 5.91 Å². The highest BCUT2D eigenvalue weighted by atomic mass is 16.2. The maximum atomic E-state index is 13.2. The van der Waals surface area contributed by atoms with Gasteiger partial charge in [0.15, 0.2) is 0 Å². The summed E-state index contributed by atoms with van der Waals surface area (Å²) in [7, 11) is 0. The molecule has 4 rings (SSSR count). The molecule has 0 spiro atoms. The SMILES string of the molecule is CC[C@@]1(C(=O)N2CCc3ccccc3C2)C[C@@H]2CC[C@H]1N2. The first-order valence-corrected chi connectivity index (χ1v) is 8.35. The Labute approximate surface area is 126 Å². The number of nitrogens with zero attached hydrogens (tertiary/aromatic N) is 1. The van der Waals surface area contributed by atoms with Crippen LogP contribution < -0.4 is 5.32 Å². The molecular formula is C18H24N2O. The molecule has 21 heavy (non-hydrogen) atoms. The summed E-state index contributed by atoms with van der Waals surface area (Å²) in [5, 5.41) is 3.66. The predicted octanol–water partition coefficient (Wildman–Crippen LogP) is 2.49. The number of nitrogens with one attached hydrogen (secondary N) is 1. The molecule has 0 saturated carbocycles. The van der Waals surface area contributed by atoms with Crippen LogP contribution in [0.3, 0.4) is 0 Å². The topological polar surface area (TPSA) is 32.3 Å². The van der Waals surface area contributed by atoms with E-state index in [9.17, 15) is 4.79 Å². The second-order valence-electron chi connectivity index (χ2n) is 6.95. The Bertz CT molecular complexity index is 570. The van der Waals surface area contributed by atoms with Crippen LogP contribution in [0.15, 0.2) is 24.3 Å². The Morgan fingerprint density at radius 2 is 2.14 bits per heavy atom. The van der Waals surface area contributed by atoms with Crippen molar-refractivity contribution in [1.29, 1.82) is 0 Å². The fourth-order valence-corrected chi connectivity index (χ4v) is 4.76. The van der Waals surface area contributed by atoms with Crippen molar-refractivity contribution in [3.63, 3.8) is 0 Å². The largest absolute Gasteiger partial charge is 0.337 e. The summed E-state index contributed by atoms with van der Waals surface area (Å²) in [6, 6.07) is 9.55. The van der Waals surface area contributed by atoms with Crippen LogP contribution in [0.2, 0.25) is 0 Å². The maximum Gasteiger partial charge on any atom is 0.230 e. The third kappa shape index (κ3) is 1.94.